The molecule has 2 rings (SSSR count). The molecule has 7 nitrogen and oxygen atoms in total. The van der Waals surface area contributed by atoms with Crippen molar-refractivity contribution in [2.24, 2.45) is 4.99 Å². The van der Waals surface area contributed by atoms with E-state index >= 15 is 0 Å². The van der Waals surface area contributed by atoms with Gasteiger partial charge in [0.05, 0.1) is 26.0 Å². The normalized spacial score (nSPS) is 14.6. The summed E-state index contributed by atoms with van der Waals surface area (Å²) in [6, 6.07) is 8.21. The number of anilines is 1. The van der Waals surface area contributed by atoms with Crippen molar-refractivity contribution in [2.75, 3.05) is 78.2 Å². The molecule has 1 aromatic carbocycles. The third kappa shape index (κ3) is 8.00. The number of benzene rings is 1. The number of hydrogen-bond acceptors (Lipinski definition) is 5. The maximum Gasteiger partial charge on any atom is 0.194 e. The zero-order valence-corrected chi connectivity index (χ0v) is 19.7. The second-order valence-electron chi connectivity index (χ2n) is 6.34. The lowest BCUT2D eigenvalue weighted by Gasteiger charge is -2.38. The Balaban J connectivity index is 0.00000392. The number of methoxy groups -OCH3 is 2. The van der Waals surface area contributed by atoms with Crippen molar-refractivity contribution in [3.63, 3.8) is 0 Å². The van der Waals surface area contributed by atoms with Crippen LogP contribution in [0.3, 0.4) is 0 Å². The van der Waals surface area contributed by atoms with Crippen LogP contribution in [0.4, 0.5) is 5.69 Å². The summed E-state index contributed by atoms with van der Waals surface area (Å²) in [5, 5.41) is 3.41. The first-order chi connectivity index (χ1) is 13.3. The summed E-state index contributed by atoms with van der Waals surface area (Å²) in [5.41, 5.74) is 1.16. The fraction of sp³-hybridized carbons (Fsp3) is 0.650. The van der Waals surface area contributed by atoms with Crippen molar-refractivity contribution in [3.05, 3.63) is 24.3 Å². The number of guanidine groups is 1. The third-order valence-corrected chi connectivity index (χ3v) is 4.48. The van der Waals surface area contributed by atoms with E-state index in [4.69, 9.17) is 19.2 Å². The van der Waals surface area contributed by atoms with Crippen LogP contribution in [0.5, 0.6) is 5.75 Å². The molecular formula is C20H35IN4O3. The monoisotopic (exact) mass is 506 g/mol. The van der Waals surface area contributed by atoms with Crippen molar-refractivity contribution >= 4 is 35.6 Å². The fourth-order valence-electron chi connectivity index (χ4n) is 3.07. The average Bonchev–Trinajstić information content (AvgIpc) is 2.72. The summed E-state index contributed by atoms with van der Waals surface area (Å²) in [4.78, 5) is 9.48. The van der Waals surface area contributed by atoms with E-state index in [0.717, 1.165) is 63.1 Å². The van der Waals surface area contributed by atoms with Crippen LogP contribution >= 0.6 is 24.0 Å². The lowest BCUT2D eigenvalue weighted by atomic mass is 10.2. The molecule has 28 heavy (non-hydrogen) atoms. The fourth-order valence-corrected chi connectivity index (χ4v) is 3.07. The molecule has 160 valence electrons. The number of ether oxygens (including phenoxy) is 3. The van der Waals surface area contributed by atoms with E-state index in [2.05, 4.69) is 34.2 Å². The summed E-state index contributed by atoms with van der Waals surface area (Å²) in [6.45, 7) is 9.52. The number of aliphatic imine (C=N–C) groups is 1. The number of piperazine rings is 1. The Hall–Kier alpha value is -1.26. The third-order valence-electron chi connectivity index (χ3n) is 4.48. The quantitative estimate of drug-likeness (QED) is 0.228. The van der Waals surface area contributed by atoms with E-state index in [1.807, 2.05) is 12.1 Å². The Morgan fingerprint density at radius 3 is 2.50 bits per heavy atom. The lowest BCUT2D eigenvalue weighted by Crippen LogP contribution is -2.52. The average molecular weight is 506 g/mol. The number of halogens is 1. The number of nitrogens with zero attached hydrogens (tertiary/aromatic N) is 3. The van der Waals surface area contributed by atoms with Crippen molar-refractivity contribution in [2.45, 2.75) is 13.3 Å². The number of nitrogens with one attached hydrogen (secondary N) is 1. The maximum absolute atomic E-state index is 5.50. The van der Waals surface area contributed by atoms with Crippen molar-refractivity contribution in [1.29, 1.82) is 0 Å². The van der Waals surface area contributed by atoms with Gasteiger partial charge in [-0.05, 0) is 25.5 Å². The lowest BCUT2D eigenvalue weighted by molar-refractivity contribution is 0.0702. The molecule has 1 aromatic rings. The summed E-state index contributed by atoms with van der Waals surface area (Å²) in [7, 11) is 3.41. The van der Waals surface area contributed by atoms with Gasteiger partial charge in [-0.1, -0.05) is 12.1 Å². The first-order valence-corrected chi connectivity index (χ1v) is 9.78. The van der Waals surface area contributed by atoms with Gasteiger partial charge in [-0.15, -0.1) is 24.0 Å². The highest BCUT2D eigenvalue weighted by atomic mass is 127. The molecule has 0 aliphatic carbocycles. The number of hydrogen-bond donors (Lipinski definition) is 1. The SMILES string of the molecule is CCNC(=NCCCOCCOC)N1CCN(c2ccccc2OC)CC1.I. The molecule has 0 unspecified atom stereocenters. The predicted molar refractivity (Wildman–Crippen MR) is 125 cm³/mol. The van der Waals surface area contributed by atoms with Crippen LogP contribution in [-0.2, 0) is 9.47 Å². The van der Waals surface area contributed by atoms with Crippen LogP contribution in [-0.4, -0.2) is 84.2 Å². The second kappa shape index (κ2) is 14.7. The number of rotatable bonds is 10. The van der Waals surface area contributed by atoms with Gasteiger partial charge in [-0.2, -0.15) is 0 Å². The molecule has 0 amide bonds. The smallest absolute Gasteiger partial charge is 0.194 e. The Kier molecular flexibility index (Phi) is 13.0. The van der Waals surface area contributed by atoms with Crippen molar-refractivity contribution in [1.82, 2.24) is 10.2 Å². The standard InChI is InChI=1S/C20H34N4O3.HI/c1-4-21-20(22-10-7-15-27-17-16-25-2)24-13-11-23(12-14-24)18-8-5-6-9-19(18)26-3;/h5-6,8-9H,4,7,10-17H2,1-3H3,(H,21,22);1H. The van der Waals surface area contributed by atoms with Crippen LogP contribution in [0.15, 0.2) is 29.3 Å². The zero-order chi connectivity index (χ0) is 19.3. The molecular weight excluding hydrogens is 471 g/mol. The highest BCUT2D eigenvalue weighted by Gasteiger charge is 2.21. The molecule has 1 fully saturated rings. The van der Waals surface area contributed by atoms with Gasteiger partial charge in [-0.3, -0.25) is 4.99 Å². The topological polar surface area (TPSA) is 58.6 Å². The van der Waals surface area contributed by atoms with E-state index in [0.29, 0.717) is 19.8 Å². The minimum Gasteiger partial charge on any atom is -0.495 e. The van der Waals surface area contributed by atoms with E-state index in [-0.39, 0.29) is 24.0 Å². The molecule has 0 atom stereocenters. The molecule has 0 saturated carbocycles. The molecule has 0 spiro atoms. The molecule has 0 aromatic heterocycles. The van der Waals surface area contributed by atoms with E-state index in [1.54, 1.807) is 14.2 Å². The van der Waals surface area contributed by atoms with E-state index in [9.17, 15) is 0 Å². The molecule has 1 N–H and O–H groups in total. The van der Waals surface area contributed by atoms with Gasteiger partial charge < -0.3 is 29.3 Å². The molecule has 1 aliphatic heterocycles. The van der Waals surface area contributed by atoms with Gasteiger partial charge in [0.2, 0.25) is 0 Å². The molecule has 1 aliphatic rings. The molecule has 8 heteroatoms. The Morgan fingerprint density at radius 1 is 1.07 bits per heavy atom. The Labute approximate surface area is 186 Å². The van der Waals surface area contributed by atoms with Crippen LogP contribution < -0.4 is 15.0 Å². The van der Waals surface area contributed by atoms with Crippen LogP contribution in [0.1, 0.15) is 13.3 Å². The van der Waals surface area contributed by atoms with E-state index in [1.165, 1.54) is 0 Å². The first kappa shape index (κ1) is 24.8. The predicted octanol–water partition coefficient (Wildman–Crippen LogP) is 2.45. The highest BCUT2D eigenvalue weighted by molar-refractivity contribution is 14.0. The largest absolute Gasteiger partial charge is 0.495 e. The summed E-state index contributed by atoms with van der Waals surface area (Å²) < 4.78 is 16.0. The minimum atomic E-state index is 0. The first-order valence-electron chi connectivity index (χ1n) is 9.78. The molecule has 1 heterocycles. The molecule has 1 saturated heterocycles. The Morgan fingerprint density at radius 2 is 1.82 bits per heavy atom. The summed E-state index contributed by atoms with van der Waals surface area (Å²) >= 11 is 0. The molecule has 0 bridgehead atoms. The Bertz CT molecular complexity index is 566. The maximum atomic E-state index is 5.50. The van der Waals surface area contributed by atoms with Gasteiger partial charge in [-0.25, -0.2) is 0 Å². The highest BCUT2D eigenvalue weighted by Crippen LogP contribution is 2.28. The van der Waals surface area contributed by atoms with Gasteiger partial charge in [0.25, 0.3) is 0 Å². The number of para-hydroxylation sites is 2. The van der Waals surface area contributed by atoms with Crippen LogP contribution in [0.25, 0.3) is 0 Å². The molecule has 0 radical (unpaired) electrons. The minimum absolute atomic E-state index is 0. The van der Waals surface area contributed by atoms with Gasteiger partial charge in [0.1, 0.15) is 5.75 Å². The van der Waals surface area contributed by atoms with Crippen LogP contribution in [0.2, 0.25) is 0 Å². The van der Waals surface area contributed by atoms with Crippen molar-refractivity contribution in [3.8, 4) is 5.75 Å². The van der Waals surface area contributed by atoms with E-state index < -0.39 is 0 Å². The van der Waals surface area contributed by atoms with Gasteiger partial charge in [0, 0.05) is 53.0 Å². The van der Waals surface area contributed by atoms with Gasteiger partial charge >= 0.3 is 0 Å². The van der Waals surface area contributed by atoms with Gasteiger partial charge in [0.15, 0.2) is 5.96 Å². The summed E-state index contributed by atoms with van der Waals surface area (Å²) in [6.07, 6.45) is 0.916. The van der Waals surface area contributed by atoms with Crippen molar-refractivity contribution < 1.29 is 14.2 Å². The second-order valence-corrected chi connectivity index (χ2v) is 6.34. The zero-order valence-electron chi connectivity index (χ0n) is 17.4. The summed E-state index contributed by atoms with van der Waals surface area (Å²) in [5.74, 6) is 1.93. The van der Waals surface area contributed by atoms with Crippen LogP contribution in [0, 0.1) is 0 Å².